The molecule has 5 heteroatoms. The molecule has 0 aromatic heterocycles. The summed E-state index contributed by atoms with van der Waals surface area (Å²) in [5, 5.41) is 3.51. The summed E-state index contributed by atoms with van der Waals surface area (Å²) >= 11 is 0. The van der Waals surface area contributed by atoms with Gasteiger partial charge in [0.25, 0.3) is 0 Å². The lowest BCUT2D eigenvalue weighted by atomic mass is 9.73. The van der Waals surface area contributed by atoms with Gasteiger partial charge in [-0.1, -0.05) is 45.0 Å². The molecule has 2 aromatic carbocycles. The predicted molar refractivity (Wildman–Crippen MR) is 123 cm³/mol. The van der Waals surface area contributed by atoms with Gasteiger partial charge in [-0.25, -0.2) is 0 Å². The number of Topliss-reactive ketones (excluding diaryl/α,β-unsaturated/α-hetero) is 1. The molecular formula is C26H30N2O3. The maximum Gasteiger partial charge on any atom is 0.224 e. The van der Waals surface area contributed by atoms with Crippen molar-refractivity contribution in [2.75, 3.05) is 16.8 Å². The quantitative estimate of drug-likeness (QED) is 0.698. The molecule has 1 aliphatic heterocycles. The first kappa shape index (κ1) is 21.2. The minimum absolute atomic E-state index is 0.0858. The van der Waals surface area contributed by atoms with E-state index >= 15 is 0 Å². The van der Waals surface area contributed by atoms with Gasteiger partial charge in [-0.15, -0.1) is 0 Å². The van der Waals surface area contributed by atoms with E-state index in [0.29, 0.717) is 18.6 Å². The smallest absolute Gasteiger partial charge is 0.224 e. The summed E-state index contributed by atoms with van der Waals surface area (Å²) in [6.07, 6.45) is 2.11. The molecule has 31 heavy (non-hydrogen) atoms. The third-order valence-corrected chi connectivity index (χ3v) is 5.89. The molecule has 1 N–H and O–H groups in total. The standard InChI is InChI=1S/C26H30N2O3/c1-5-13-31-19-10-8-9-18(14-19)25-24-21(15-26(3,4)16-23(24)30)27-20-11-6-7-12-22(20)28(25)17(2)29/h6-12,14,25,27H,5,13,15-16H2,1-4H3. The van der Waals surface area contributed by atoms with Crippen LogP contribution in [0.15, 0.2) is 59.8 Å². The number of amides is 1. The Morgan fingerprint density at radius 3 is 2.68 bits per heavy atom. The van der Waals surface area contributed by atoms with Crippen LogP contribution in [0, 0.1) is 5.41 Å². The van der Waals surface area contributed by atoms with Gasteiger partial charge in [0.15, 0.2) is 5.78 Å². The lowest BCUT2D eigenvalue weighted by Gasteiger charge is -2.36. The van der Waals surface area contributed by atoms with Gasteiger partial charge in [0.2, 0.25) is 5.91 Å². The minimum Gasteiger partial charge on any atom is -0.494 e. The number of anilines is 2. The number of nitrogens with one attached hydrogen (secondary N) is 1. The molecule has 2 aromatic rings. The van der Waals surface area contributed by atoms with Gasteiger partial charge in [0.1, 0.15) is 5.75 Å². The van der Waals surface area contributed by atoms with Crippen LogP contribution >= 0.6 is 0 Å². The minimum atomic E-state index is -0.502. The third kappa shape index (κ3) is 4.09. The van der Waals surface area contributed by atoms with E-state index in [1.165, 1.54) is 0 Å². The SMILES string of the molecule is CCCOc1cccc(C2C3=C(CC(C)(C)CC3=O)Nc3ccccc3N2C(C)=O)c1. The maximum absolute atomic E-state index is 13.5. The lowest BCUT2D eigenvalue weighted by Crippen LogP contribution is -2.38. The van der Waals surface area contributed by atoms with Crippen LogP contribution in [-0.4, -0.2) is 18.3 Å². The molecule has 2 aliphatic rings. The van der Waals surface area contributed by atoms with E-state index in [0.717, 1.165) is 41.2 Å². The molecule has 0 saturated carbocycles. The van der Waals surface area contributed by atoms with Crippen molar-refractivity contribution in [2.24, 2.45) is 5.41 Å². The van der Waals surface area contributed by atoms with Gasteiger partial charge in [-0.3, -0.25) is 14.5 Å². The Bertz CT molecular complexity index is 1050. The zero-order chi connectivity index (χ0) is 22.2. The molecule has 1 amide bonds. The summed E-state index contributed by atoms with van der Waals surface area (Å²) in [4.78, 5) is 28.2. The van der Waals surface area contributed by atoms with Crippen LogP contribution in [0.3, 0.4) is 0 Å². The fourth-order valence-corrected chi connectivity index (χ4v) is 4.65. The highest BCUT2D eigenvalue weighted by atomic mass is 16.5. The maximum atomic E-state index is 13.5. The van der Waals surface area contributed by atoms with Crippen LogP contribution in [0.2, 0.25) is 0 Å². The van der Waals surface area contributed by atoms with Crippen molar-refractivity contribution >= 4 is 23.1 Å². The fourth-order valence-electron chi connectivity index (χ4n) is 4.65. The number of carbonyl (C=O) groups excluding carboxylic acids is 2. The lowest BCUT2D eigenvalue weighted by molar-refractivity contribution is -0.118. The van der Waals surface area contributed by atoms with Crippen molar-refractivity contribution in [1.29, 1.82) is 0 Å². The number of benzene rings is 2. The first-order chi connectivity index (χ1) is 14.8. The largest absolute Gasteiger partial charge is 0.494 e. The summed E-state index contributed by atoms with van der Waals surface area (Å²) in [5.41, 5.74) is 3.94. The molecule has 0 saturated heterocycles. The molecule has 162 valence electrons. The van der Waals surface area contributed by atoms with E-state index in [9.17, 15) is 9.59 Å². The molecule has 1 unspecified atom stereocenters. The summed E-state index contributed by atoms with van der Waals surface area (Å²) in [6, 6.07) is 15.0. The van der Waals surface area contributed by atoms with Crippen LogP contribution in [-0.2, 0) is 9.59 Å². The Balaban J connectivity index is 1.94. The zero-order valence-electron chi connectivity index (χ0n) is 18.7. The second kappa shape index (κ2) is 8.22. The van der Waals surface area contributed by atoms with Crippen molar-refractivity contribution in [2.45, 2.75) is 53.0 Å². The first-order valence-electron chi connectivity index (χ1n) is 11.0. The molecule has 0 fully saturated rings. The second-order valence-electron chi connectivity index (χ2n) is 9.19. The Kier molecular flexibility index (Phi) is 5.61. The number of hydrogen-bond acceptors (Lipinski definition) is 4. The Hall–Kier alpha value is -3.08. The number of hydrogen-bond donors (Lipinski definition) is 1. The molecule has 0 radical (unpaired) electrons. The number of nitrogens with zero attached hydrogens (tertiary/aromatic N) is 1. The van der Waals surface area contributed by atoms with E-state index < -0.39 is 6.04 Å². The summed E-state index contributed by atoms with van der Waals surface area (Å²) < 4.78 is 5.86. The van der Waals surface area contributed by atoms with Crippen LogP contribution < -0.4 is 15.0 Å². The Morgan fingerprint density at radius 2 is 1.94 bits per heavy atom. The number of ether oxygens (including phenoxy) is 1. The van der Waals surface area contributed by atoms with Crippen LogP contribution in [0.4, 0.5) is 11.4 Å². The summed E-state index contributed by atoms with van der Waals surface area (Å²) in [7, 11) is 0. The van der Waals surface area contributed by atoms with Gasteiger partial charge < -0.3 is 10.1 Å². The summed E-state index contributed by atoms with van der Waals surface area (Å²) in [6.45, 7) is 8.48. The van der Waals surface area contributed by atoms with Crippen LogP contribution in [0.5, 0.6) is 5.75 Å². The third-order valence-electron chi connectivity index (χ3n) is 5.89. The highest BCUT2D eigenvalue weighted by Crippen LogP contribution is 2.48. The molecule has 0 bridgehead atoms. The normalized spacial score (nSPS) is 19.8. The Labute approximate surface area is 184 Å². The monoisotopic (exact) mass is 418 g/mol. The topological polar surface area (TPSA) is 58.6 Å². The Morgan fingerprint density at radius 1 is 1.16 bits per heavy atom. The van der Waals surface area contributed by atoms with E-state index in [4.69, 9.17) is 4.74 Å². The number of carbonyl (C=O) groups is 2. The number of rotatable bonds is 4. The second-order valence-corrected chi connectivity index (χ2v) is 9.19. The number of para-hydroxylation sites is 2. The molecular weight excluding hydrogens is 388 g/mol. The van der Waals surface area contributed by atoms with Gasteiger partial charge in [-0.05, 0) is 48.1 Å². The highest BCUT2D eigenvalue weighted by Gasteiger charge is 2.42. The zero-order valence-corrected chi connectivity index (χ0v) is 18.7. The van der Waals surface area contributed by atoms with Crippen LogP contribution in [0.1, 0.15) is 58.6 Å². The first-order valence-corrected chi connectivity index (χ1v) is 11.0. The molecule has 1 atom stereocenters. The molecule has 1 aliphatic carbocycles. The van der Waals surface area contributed by atoms with E-state index in [-0.39, 0.29) is 17.1 Å². The molecule has 4 rings (SSSR count). The average molecular weight is 419 g/mol. The van der Waals surface area contributed by atoms with Gasteiger partial charge in [0.05, 0.1) is 24.0 Å². The number of fused-ring (bicyclic) bond motifs is 1. The predicted octanol–water partition coefficient (Wildman–Crippen LogP) is 5.64. The van der Waals surface area contributed by atoms with Crippen LogP contribution in [0.25, 0.3) is 0 Å². The van der Waals surface area contributed by atoms with Gasteiger partial charge in [0, 0.05) is 24.6 Å². The van der Waals surface area contributed by atoms with E-state index in [1.54, 1.807) is 11.8 Å². The molecule has 5 nitrogen and oxygen atoms in total. The number of allylic oxidation sites excluding steroid dienone is 1. The number of ketones is 1. The fraction of sp³-hybridized carbons (Fsp3) is 0.385. The van der Waals surface area contributed by atoms with Gasteiger partial charge >= 0.3 is 0 Å². The molecule has 0 spiro atoms. The van der Waals surface area contributed by atoms with E-state index in [2.05, 4.69) is 26.1 Å². The van der Waals surface area contributed by atoms with Crippen molar-refractivity contribution < 1.29 is 14.3 Å². The van der Waals surface area contributed by atoms with Gasteiger partial charge in [-0.2, -0.15) is 0 Å². The average Bonchev–Trinajstić information content (AvgIpc) is 2.85. The highest BCUT2D eigenvalue weighted by molar-refractivity contribution is 6.05. The van der Waals surface area contributed by atoms with Crippen molar-refractivity contribution in [3.63, 3.8) is 0 Å². The summed E-state index contributed by atoms with van der Waals surface area (Å²) in [5.74, 6) is 0.729. The van der Waals surface area contributed by atoms with Crippen molar-refractivity contribution in [1.82, 2.24) is 0 Å². The molecule has 1 heterocycles. The van der Waals surface area contributed by atoms with E-state index in [1.807, 2.05) is 48.5 Å². The van der Waals surface area contributed by atoms with Crippen molar-refractivity contribution in [3.05, 3.63) is 65.4 Å². The van der Waals surface area contributed by atoms with Crippen molar-refractivity contribution in [3.8, 4) is 5.75 Å².